The third kappa shape index (κ3) is 8.29. The summed E-state index contributed by atoms with van der Waals surface area (Å²) in [7, 11) is -4.33. The molecule has 1 atom stereocenters. The van der Waals surface area contributed by atoms with E-state index in [1.807, 2.05) is 17.5 Å². The molecule has 2 N–H and O–H groups in total. The van der Waals surface area contributed by atoms with Crippen LogP contribution < -0.4 is 10.6 Å². The molecular formula is C32H37N5O6S2. The van der Waals surface area contributed by atoms with E-state index >= 15 is 0 Å². The van der Waals surface area contributed by atoms with Gasteiger partial charge in [0.05, 0.1) is 10.6 Å². The van der Waals surface area contributed by atoms with E-state index in [1.54, 1.807) is 59.9 Å². The summed E-state index contributed by atoms with van der Waals surface area (Å²) in [5.74, 6) is -0.745. The Hall–Kier alpha value is -4.20. The number of nitrogens with zero attached hydrogens (tertiary/aromatic N) is 4. The van der Waals surface area contributed by atoms with Crippen LogP contribution in [0.15, 0.2) is 83.5 Å². The number of sulfone groups is 1. The van der Waals surface area contributed by atoms with Crippen molar-refractivity contribution in [3.05, 3.63) is 89.8 Å². The van der Waals surface area contributed by atoms with Gasteiger partial charge in [-0.1, -0.05) is 30.3 Å². The zero-order valence-corrected chi connectivity index (χ0v) is 27.7. The van der Waals surface area contributed by atoms with Crippen LogP contribution in [0.4, 0.5) is 10.6 Å². The number of ether oxygens (including phenoxy) is 2. The molecule has 4 rings (SSSR count). The fraction of sp³-hybridized carbons (Fsp3) is 0.344. The van der Waals surface area contributed by atoms with Crippen molar-refractivity contribution in [1.29, 1.82) is 0 Å². The minimum Gasteiger partial charge on any atom is -0.459 e. The maximum atomic E-state index is 14.3. The molecule has 0 spiro atoms. The largest absolute Gasteiger partial charge is 0.459 e. The summed E-state index contributed by atoms with van der Waals surface area (Å²) in [6.07, 6.45) is 3.36. The van der Waals surface area contributed by atoms with Gasteiger partial charge in [0.25, 0.3) is 0 Å². The van der Waals surface area contributed by atoms with Crippen LogP contribution in [0.25, 0.3) is 10.6 Å². The summed E-state index contributed by atoms with van der Waals surface area (Å²) in [6.45, 7) is 9.64. The number of hydrogen-bond acceptors (Lipinski definition) is 11. The van der Waals surface area contributed by atoms with Crippen LogP contribution >= 0.6 is 11.3 Å². The lowest BCUT2D eigenvalue weighted by Crippen LogP contribution is -2.48. The van der Waals surface area contributed by atoms with Gasteiger partial charge in [0, 0.05) is 36.0 Å². The van der Waals surface area contributed by atoms with E-state index in [-0.39, 0.29) is 22.8 Å². The third-order valence-electron chi connectivity index (χ3n) is 6.29. The Morgan fingerprint density at radius 3 is 2.18 bits per heavy atom. The van der Waals surface area contributed by atoms with Gasteiger partial charge in [-0.15, -0.1) is 11.3 Å². The molecule has 0 radical (unpaired) electrons. The predicted octanol–water partition coefficient (Wildman–Crippen LogP) is 5.51. The molecule has 3 aromatic heterocycles. The lowest BCUT2D eigenvalue weighted by Gasteiger charge is -2.31. The normalized spacial score (nSPS) is 13.5. The summed E-state index contributed by atoms with van der Waals surface area (Å²) in [6, 6.07) is 14.7. The number of amides is 1. The number of nitrogens with two attached hydrogens (primary N) is 1. The number of anilines is 1. The fourth-order valence-electron chi connectivity index (χ4n) is 4.34. The number of benzene rings is 1. The molecule has 1 unspecified atom stereocenters. The average molecular weight is 652 g/mol. The van der Waals surface area contributed by atoms with E-state index in [0.717, 1.165) is 15.5 Å². The summed E-state index contributed by atoms with van der Waals surface area (Å²) in [4.78, 5) is 37.9. The van der Waals surface area contributed by atoms with Gasteiger partial charge in [-0.3, -0.25) is 14.7 Å². The molecule has 0 saturated heterocycles. The second-order valence-corrected chi connectivity index (χ2v) is 15.4. The number of aromatic nitrogens is 3. The number of carbonyl (C=O) groups is 2. The van der Waals surface area contributed by atoms with E-state index < -0.39 is 44.5 Å². The van der Waals surface area contributed by atoms with Gasteiger partial charge in [-0.25, -0.2) is 23.2 Å². The quantitative estimate of drug-likeness (QED) is 0.229. The van der Waals surface area contributed by atoms with Crippen molar-refractivity contribution in [2.24, 2.45) is 5.73 Å². The molecule has 11 nitrogen and oxygen atoms in total. The zero-order valence-electron chi connectivity index (χ0n) is 26.1. The van der Waals surface area contributed by atoms with Crippen molar-refractivity contribution in [3.63, 3.8) is 0 Å². The van der Waals surface area contributed by atoms with Crippen LogP contribution in [-0.2, 0) is 35.4 Å². The summed E-state index contributed by atoms with van der Waals surface area (Å²) in [5.41, 5.74) is 6.65. The maximum Gasteiger partial charge on any atom is 0.416 e. The smallest absolute Gasteiger partial charge is 0.416 e. The van der Waals surface area contributed by atoms with E-state index in [9.17, 15) is 18.0 Å². The van der Waals surface area contributed by atoms with Crippen LogP contribution in [0, 0.1) is 0 Å². The Bertz CT molecular complexity index is 1730. The molecule has 3 heterocycles. The van der Waals surface area contributed by atoms with Crippen LogP contribution in [0.5, 0.6) is 0 Å². The van der Waals surface area contributed by atoms with E-state index in [4.69, 9.17) is 15.2 Å². The van der Waals surface area contributed by atoms with Gasteiger partial charge >= 0.3 is 12.1 Å². The Labute approximate surface area is 267 Å². The number of carbonyl (C=O) groups excluding carboxylic acids is 2. The number of esters is 1. The van der Waals surface area contributed by atoms with Crippen LogP contribution in [0.3, 0.4) is 0 Å². The standard InChI is InChI=1S/C32H37N5O6S2/c1-30(2,3)42-27(38)21-37(29(39)43-31(4,5)6)26-11-7-10-25(36-26)32(33,45(40,41)24-9-8-16-34-20-24)19-22-12-14-23(15-13-22)28-35-17-18-44-28/h7-18,20H,19,21,33H2,1-6H3. The van der Waals surface area contributed by atoms with Crippen molar-refractivity contribution in [2.45, 2.75) is 68.9 Å². The zero-order chi connectivity index (χ0) is 33.0. The Morgan fingerprint density at radius 2 is 1.60 bits per heavy atom. The molecular weight excluding hydrogens is 615 g/mol. The molecule has 45 heavy (non-hydrogen) atoms. The first kappa shape index (κ1) is 33.7. The second kappa shape index (κ2) is 13.0. The number of pyridine rings is 2. The SMILES string of the molecule is CC(C)(C)OC(=O)CN(C(=O)OC(C)(C)C)c1cccc(C(N)(Cc2ccc(-c3nccs3)cc2)S(=O)(=O)c2cccnc2)n1. The predicted molar refractivity (Wildman–Crippen MR) is 172 cm³/mol. The molecule has 0 aliphatic rings. The highest BCUT2D eigenvalue weighted by atomic mass is 32.2. The maximum absolute atomic E-state index is 14.3. The van der Waals surface area contributed by atoms with Gasteiger partial charge in [0.15, 0.2) is 4.87 Å². The van der Waals surface area contributed by atoms with Gasteiger partial charge < -0.3 is 15.2 Å². The second-order valence-electron chi connectivity index (χ2n) is 12.3. The molecule has 0 aliphatic carbocycles. The Balaban J connectivity index is 1.81. The molecule has 13 heteroatoms. The lowest BCUT2D eigenvalue weighted by molar-refractivity contribution is -0.153. The molecule has 0 fully saturated rings. The molecule has 4 aromatic rings. The van der Waals surface area contributed by atoms with Crippen molar-refractivity contribution < 1.29 is 27.5 Å². The van der Waals surface area contributed by atoms with Crippen LogP contribution in [0.2, 0.25) is 0 Å². The highest BCUT2D eigenvalue weighted by molar-refractivity contribution is 7.92. The molecule has 1 amide bonds. The number of rotatable bonds is 9. The number of thiazole rings is 1. The summed E-state index contributed by atoms with van der Waals surface area (Å²) < 4.78 is 39.5. The first-order chi connectivity index (χ1) is 21.0. The van der Waals surface area contributed by atoms with Crippen molar-refractivity contribution >= 4 is 39.1 Å². The minimum absolute atomic E-state index is 0.0389. The molecule has 1 aromatic carbocycles. The van der Waals surface area contributed by atoms with Gasteiger partial charge in [-0.05, 0) is 71.4 Å². The van der Waals surface area contributed by atoms with Crippen molar-refractivity contribution in [1.82, 2.24) is 15.0 Å². The first-order valence-electron chi connectivity index (χ1n) is 14.1. The Morgan fingerprint density at radius 1 is 0.911 bits per heavy atom. The third-order valence-corrected chi connectivity index (χ3v) is 9.29. The van der Waals surface area contributed by atoms with Gasteiger partial charge in [0.2, 0.25) is 9.84 Å². The Kier molecular flexibility index (Phi) is 9.76. The topological polar surface area (TPSA) is 155 Å². The first-order valence-corrected chi connectivity index (χ1v) is 16.5. The summed E-state index contributed by atoms with van der Waals surface area (Å²) in [5, 5.41) is 2.70. The van der Waals surface area contributed by atoms with E-state index in [2.05, 4.69) is 15.0 Å². The fourth-order valence-corrected chi connectivity index (χ4v) is 6.61. The van der Waals surface area contributed by atoms with Gasteiger partial charge in [0.1, 0.15) is 28.6 Å². The molecule has 0 saturated carbocycles. The van der Waals surface area contributed by atoms with E-state index in [1.165, 1.54) is 54.1 Å². The highest BCUT2D eigenvalue weighted by Crippen LogP contribution is 2.35. The van der Waals surface area contributed by atoms with E-state index in [0.29, 0.717) is 5.56 Å². The average Bonchev–Trinajstić information content (AvgIpc) is 3.50. The molecule has 0 bridgehead atoms. The minimum atomic E-state index is -4.33. The van der Waals surface area contributed by atoms with Crippen molar-refractivity contribution in [2.75, 3.05) is 11.4 Å². The van der Waals surface area contributed by atoms with Gasteiger partial charge in [-0.2, -0.15) is 0 Å². The highest BCUT2D eigenvalue weighted by Gasteiger charge is 2.45. The monoisotopic (exact) mass is 651 g/mol. The van der Waals surface area contributed by atoms with Crippen LogP contribution in [-0.4, -0.2) is 53.2 Å². The number of hydrogen-bond donors (Lipinski definition) is 1. The van der Waals surface area contributed by atoms with Crippen LogP contribution in [0.1, 0.15) is 52.8 Å². The molecule has 238 valence electrons. The molecule has 0 aliphatic heterocycles. The lowest BCUT2D eigenvalue weighted by atomic mass is 10.0. The van der Waals surface area contributed by atoms with Crippen molar-refractivity contribution in [3.8, 4) is 10.6 Å². The summed E-state index contributed by atoms with van der Waals surface area (Å²) >= 11 is 1.49.